The SMILES string of the molecule is CC1(F)CCN(c2cccc(Br)c2)CC1. The van der Waals surface area contributed by atoms with Gasteiger partial charge in [-0.1, -0.05) is 22.0 Å². The van der Waals surface area contributed by atoms with Crippen LogP contribution >= 0.6 is 15.9 Å². The zero-order chi connectivity index (χ0) is 10.9. The molecular formula is C12H15BrFN. The van der Waals surface area contributed by atoms with Gasteiger partial charge >= 0.3 is 0 Å². The van der Waals surface area contributed by atoms with E-state index in [1.165, 1.54) is 5.69 Å². The van der Waals surface area contributed by atoms with Crippen LogP contribution in [-0.4, -0.2) is 18.8 Å². The van der Waals surface area contributed by atoms with Gasteiger partial charge in [0.05, 0.1) is 0 Å². The molecule has 0 N–H and O–H groups in total. The summed E-state index contributed by atoms with van der Waals surface area (Å²) in [6, 6.07) is 8.18. The molecule has 0 aliphatic carbocycles. The smallest absolute Gasteiger partial charge is 0.111 e. The van der Waals surface area contributed by atoms with Crippen molar-refractivity contribution < 1.29 is 4.39 Å². The van der Waals surface area contributed by atoms with Gasteiger partial charge in [-0.2, -0.15) is 0 Å². The molecule has 0 atom stereocenters. The molecule has 1 fully saturated rings. The molecule has 1 aliphatic heterocycles. The summed E-state index contributed by atoms with van der Waals surface area (Å²) in [7, 11) is 0. The lowest BCUT2D eigenvalue weighted by molar-refractivity contribution is 0.149. The highest BCUT2D eigenvalue weighted by molar-refractivity contribution is 9.10. The zero-order valence-electron chi connectivity index (χ0n) is 8.84. The molecule has 0 radical (unpaired) electrons. The topological polar surface area (TPSA) is 3.24 Å². The number of nitrogens with zero attached hydrogens (tertiary/aromatic N) is 1. The number of benzene rings is 1. The average Bonchev–Trinajstić information content (AvgIpc) is 2.17. The van der Waals surface area contributed by atoms with E-state index < -0.39 is 5.67 Å². The van der Waals surface area contributed by atoms with Crippen LogP contribution in [0.2, 0.25) is 0 Å². The van der Waals surface area contributed by atoms with Crippen molar-refractivity contribution in [2.24, 2.45) is 0 Å². The third-order valence-corrected chi connectivity index (χ3v) is 3.47. The van der Waals surface area contributed by atoms with Crippen LogP contribution in [0.3, 0.4) is 0 Å². The first-order valence-electron chi connectivity index (χ1n) is 5.26. The van der Waals surface area contributed by atoms with E-state index in [1.54, 1.807) is 6.92 Å². The maximum Gasteiger partial charge on any atom is 0.111 e. The minimum absolute atomic E-state index is 0.625. The van der Waals surface area contributed by atoms with Gasteiger partial charge in [0.15, 0.2) is 0 Å². The normalized spacial score (nSPS) is 20.3. The van der Waals surface area contributed by atoms with Crippen LogP contribution in [0.1, 0.15) is 19.8 Å². The van der Waals surface area contributed by atoms with Gasteiger partial charge < -0.3 is 4.90 Å². The minimum atomic E-state index is -0.970. The van der Waals surface area contributed by atoms with E-state index in [9.17, 15) is 4.39 Å². The second-order valence-corrected chi connectivity index (χ2v) is 5.30. The minimum Gasteiger partial charge on any atom is -0.371 e. The lowest BCUT2D eigenvalue weighted by Gasteiger charge is -2.35. The molecule has 2 rings (SSSR count). The van der Waals surface area contributed by atoms with Crippen LogP contribution in [0.25, 0.3) is 0 Å². The molecule has 0 bridgehead atoms. The number of anilines is 1. The lowest BCUT2D eigenvalue weighted by atomic mass is 9.95. The first-order valence-corrected chi connectivity index (χ1v) is 6.06. The van der Waals surface area contributed by atoms with Crippen molar-refractivity contribution in [3.05, 3.63) is 28.7 Å². The van der Waals surface area contributed by atoms with Crippen LogP contribution in [0, 0.1) is 0 Å². The monoisotopic (exact) mass is 271 g/mol. The first kappa shape index (κ1) is 10.9. The number of alkyl halides is 1. The number of piperidine rings is 1. The van der Waals surface area contributed by atoms with Crippen LogP contribution < -0.4 is 4.90 Å². The second kappa shape index (κ2) is 4.12. The molecule has 1 aliphatic rings. The van der Waals surface area contributed by atoms with Gasteiger partial charge in [0, 0.05) is 23.2 Å². The van der Waals surface area contributed by atoms with Crippen molar-refractivity contribution in [1.82, 2.24) is 0 Å². The summed E-state index contributed by atoms with van der Waals surface area (Å²) in [4.78, 5) is 2.24. The Morgan fingerprint density at radius 1 is 1.33 bits per heavy atom. The van der Waals surface area contributed by atoms with Gasteiger partial charge in [-0.25, -0.2) is 4.39 Å². The van der Waals surface area contributed by atoms with Gasteiger partial charge in [-0.05, 0) is 38.0 Å². The third kappa shape index (κ3) is 2.71. The summed E-state index contributed by atoms with van der Waals surface area (Å²) in [5, 5.41) is 0. The Balaban J connectivity index is 2.08. The Bertz CT molecular complexity index is 341. The van der Waals surface area contributed by atoms with E-state index >= 15 is 0 Å². The summed E-state index contributed by atoms with van der Waals surface area (Å²) in [5.41, 5.74) is 0.211. The summed E-state index contributed by atoms with van der Waals surface area (Å²) in [5.74, 6) is 0. The van der Waals surface area contributed by atoms with Crippen molar-refractivity contribution in [2.45, 2.75) is 25.4 Å². The summed E-state index contributed by atoms with van der Waals surface area (Å²) < 4.78 is 14.7. The molecule has 1 heterocycles. The molecule has 3 heteroatoms. The lowest BCUT2D eigenvalue weighted by Crippen LogP contribution is -2.40. The maximum absolute atomic E-state index is 13.6. The van der Waals surface area contributed by atoms with E-state index in [0.29, 0.717) is 12.8 Å². The molecule has 0 saturated carbocycles. The van der Waals surface area contributed by atoms with E-state index in [2.05, 4.69) is 33.0 Å². The third-order valence-electron chi connectivity index (χ3n) is 2.98. The number of halogens is 2. The quantitative estimate of drug-likeness (QED) is 0.752. The molecule has 82 valence electrons. The Morgan fingerprint density at radius 3 is 2.60 bits per heavy atom. The molecule has 1 saturated heterocycles. The van der Waals surface area contributed by atoms with Crippen LogP contribution in [0.4, 0.5) is 10.1 Å². The Kier molecular flexibility index (Phi) is 3.01. The van der Waals surface area contributed by atoms with Gasteiger partial charge in [-0.15, -0.1) is 0 Å². The Labute approximate surface area is 98.4 Å². The van der Waals surface area contributed by atoms with E-state index in [1.807, 2.05) is 12.1 Å². The van der Waals surface area contributed by atoms with E-state index in [4.69, 9.17) is 0 Å². The molecule has 0 unspecified atom stereocenters. The number of hydrogen-bond donors (Lipinski definition) is 0. The van der Waals surface area contributed by atoms with Crippen molar-refractivity contribution in [2.75, 3.05) is 18.0 Å². The Morgan fingerprint density at radius 2 is 2.00 bits per heavy atom. The highest BCUT2D eigenvalue weighted by atomic mass is 79.9. The highest BCUT2D eigenvalue weighted by Gasteiger charge is 2.29. The van der Waals surface area contributed by atoms with Gasteiger partial charge in [0.25, 0.3) is 0 Å². The van der Waals surface area contributed by atoms with Crippen molar-refractivity contribution >= 4 is 21.6 Å². The Hall–Kier alpha value is -0.570. The maximum atomic E-state index is 13.6. The molecule has 1 aromatic carbocycles. The summed E-state index contributed by atoms with van der Waals surface area (Å²) in [6.07, 6.45) is 1.25. The summed E-state index contributed by atoms with van der Waals surface area (Å²) >= 11 is 3.45. The average molecular weight is 272 g/mol. The van der Waals surface area contributed by atoms with Gasteiger partial charge in [0.1, 0.15) is 5.67 Å². The fourth-order valence-electron chi connectivity index (χ4n) is 1.90. The van der Waals surface area contributed by atoms with Gasteiger partial charge in [-0.3, -0.25) is 0 Å². The molecular weight excluding hydrogens is 257 g/mol. The fraction of sp³-hybridized carbons (Fsp3) is 0.500. The largest absolute Gasteiger partial charge is 0.371 e. The second-order valence-electron chi connectivity index (χ2n) is 4.38. The molecule has 0 spiro atoms. The highest BCUT2D eigenvalue weighted by Crippen LogP contribution is 2.29. The predicted molar refractivity (Wildman–Crippen MR) is 65.1 cm³/mol. The van der Waals surface area contributed by atoms with Crippen LogP contribution in [-0.2, 0) is 0 Å². The first-order chi connectivity index (χ1) is 7.07. The number of rotatable bonds is 1. The molecule has 0 aromatic heterocycles. The van der Waals surface area contributed by atoms with E-state index in [0.717, 1.165) is 17.6 Å². The summed E-state index contributed by atoms with van der Waals surface area (Å²) in [6.45, 7) is 3.32. The number of hydrogen-bond acceptors (Lipinski definition) is 1. The van der Waals surface area contributed by atoms with Crippen LogP contribution in [0.15, 0.2) is 28.7 Å². The standard InChI is InChI=1S/C12H15BrFN/c1-12(14)5-7-15(8-6-12)11-4-2-3-10(13)9-11/h2-4,9H,5-8H2,1H3. The van der Waals surface area contributed by atoms with Crippen LogP contribution in [0.5, 0.6) is 0 Å². The molecule has 15 heavy (non-hydrogen) atoms. The van der Waals surface area contributed by atoms with Crippen molar-refractivity contribution in [3.63, 3.8) is 0 Å². The molecule has 1 aromatic rings. The predicted octanol–water partition coefficient (Wildman–Crippen LogP) is 3.78. The van der Waals surface area contributed by atoms with Crippen molar-refractivity contribution in [1.29, 1.82) is 0 Å². The fourth-order valence-corrected chi connectivity index (χ4v) is 2.29. The zero-order valence-corrected chi connectivity index (χ0v) is 10.4. The van der Waals surface area contributed by atoms with Crippen molar-refractivity contribution in [3.8, 4) is 0 Å². The van der Waals surface area contributed by atoms with E-state index in [-0.39, 0.29) is 0 Å². The van der Waals surface area contributed by atoms with Gasteiger partial charge in [0.2, 0.25) is 0 Å². The molecule has 0 amide bonds. The molecule has 1 nitrogen and oxygen atoms in total.